The van der Waals surface area contributed by atoms with Gasteiger partial charge in [-0.3, -0.25) is 0 Å². The summed E-state index contributed by atoms with van der Waals surface area (Å²) in [7, 11) is 0. The van der Waals surface area contributed by atoms with Gasteiger partial charge in [0.25, 0.3) is 0 Å². The first-order chi connectivity index (χ1) is 15.4. The van der Waals surface area contributed by atoms with Gasteiger partial charge in [0.2, 0.25) is 0 Å². The van der Waals surface area contributed by atoms with Gasteiger partial charge in [0.05, 0.1) is 12.3 Å². The molecule has 0 atom stereocenters. The zero-order valence-corrected chi connectivity index (χ0v) is 17.7. The Morgan fingerprint density at radius 3 is 2.39 bits per heavy atom. The van der Waals surface area contributed by atoms with Crippen LogP contribution in [-0.4, -0.2) is 51.0 Å². The normalized spacial score (nSPS) is 14.7. The zero-order valence-electron chi connectivity index (χ0n) is 17.7. The van der Waals surface area contributed by atoms with Crippen molar-refractivity contribution in [3.63, 3.8) is 0 Å². The van der Waals surface area contributed by atoms with Gasteiger partial charge in [0, 0.05) is 17.7 Å². The van der Waals surface area contributed by atoms with E-state index in [-0.39, 0.29) is 0 Å². The number of nitrogens with zero attached hydrogens (tertiary/aromatic N) is 5. The molecule has 1 aliphatic rings. The minimum atomic E-state index is 0.733. The monoisotopic (exact) mass is 413 g/mol. The van der Waals surface area contributed by atoms with Crippen LogP contribution in [0, 0.1) is 0 Å². The topological polar surface area (TPSA) is 55.6 Å². The third kappa shape index (κ3) is 4.59. The summed E-state index contributed by atoms with van der Waals surface area (Å²) < 4.78 is 7.75. The Bertz CT molecular complexity index is 1120. The number of hydrogen-bond donors (Lipinski definition) is 0. The van der Waals surface area contributed by atoms with Crippen LogP contribution in [0.2, 0.25) is 0 Å². The molecule has 6 nitrogen and oxygen atoms in total. The molecule has 0 amide bonds. The van der Waals surface area contributed by atoms with Crippen molar-refractivity contribution in [2.24, 2.45) is 0 Å². The molecule has 0 saturated carbocycles. The third-order valence-electron chi connectivity index (χ3n) is 5.78. The van der Waals surface area contributed by atoms with Gasteiger partial charge in [0.1, 0.15) is 5.75 Å². The molecular formula is C25H27N5O. The van der Waals surface area contributed by atoms with Gasteiger partial charge >= 0.3 is 0 Å². The molecule has 158 valence electrons. The van der Waals surface area contributed by atoms with Gasteiger partial charge in [-0.15, -0.1) is 10.2 Å². The van der Waals surface area contributed by atoms with E-state index in [2.05, 4.69) is 27.2 Å². The third-order valence-corrected chi connectivity index (χ3v) is 5.78. The fourth-order valence-corrected chi connectivity index (χ4v) is 4.09. The molecule has 0 spiro atoms. The molecule has 0 radical (unpaired) electrons. The summed E-state index contributed by atoms with van der Waals surface area (Å²) >= 11 is 0. The van der Waals surface area contributed by atoms with Gasteiger partial charge < -0.3 is 9.64 Å². The molecule has 3 heterocycles. The zero-order chi connectivity index (χ0) is 20.9. The second-order valence-electron chi connectivity index (χ2n) is 8.01. The molecule has 0 bridgehead atoms. The second-order valence-corrected chi connectivity index (χ2v) is 8.01. The summed E-state index contributed by atoms with van der Waals surface area (Å²) in [5.41, 5.74) is 3.64. The van der Waals surface area contributed by atoms with Crippen molar-refractivity contribution in [3.05, 3.63) is 66.7 Å². The number of rotatable bonds is 7. The van der Waals surface area contributed by atoms with Crippen LogP contribution < -0.4 is 4.74 Å². The first kappa shape index (κ1) is 19.7. The number of fused-ring (bicyclic) bond motifs is 1. The van der Waals surface area contributed by atoms with Crippen molar-refractivity contribution in [1.82, 2.24) is 24.7 Å². The largest absolute Gasteiger partial charge is 0.494 e. The smallest absolute Gasteiger partial charge is 0.185 e. The van der Waals surface area contributed by atoms with Crippen LogP contribution in [0.3, 0.4) is 0 Å². The van der Waals surface area contributed by atoms with E-state index in [1.165, 1.54) is 32.4 Å². The lowest BCUT2D eigenvalue weighted by molar-refractivity contribution is 0.205. The Labute approximate surface area is 182 Å². The molecule has 1 saturated heterocycles. The highest BCUT2D eigenvalue weighted by atomic mass is 16.5. The number of aromatic nitrogens is 4. The molecule has 1 fully saturated rings. The fraction of sp³-hybridized carbons (Fsp3) is 0.320. The maximum absolute atomic E-state index is 5.95. The van der Waals surface area contributed by atoms with Crippen LogP contribution in [-0.2, 0) is 0 Å². The minimum absolute atomic E-state index is 0.733. The van der Waals surface area contributed by atoms with Crippen molar-refractivity contribution in [1.29, 1.82) is 0 Å². The Balaban J connectivity index is 1.25. The standard InChI is InChI=1S/C25H27N5O/c1-3-8-21(9-4-1)25-27-26-24-15-14-23(28-30(24)25)20-10-12-22(13-11-20)31-19-7-18-29-16-5-2-6-17-29/h1,3-4,8-15H,2,5-7,16-19H2. The van der Waals surface area contributed by atoms with E-state index in [4.69, 9.17) is 9.84 Å². The van der Waals surface area contributed by atoms with Crippen LogP contribution in [0.1, 0.15) is 25.7 Å². The molecule has 2 aromatic heterocycles. The first-order valence-corrected chi connectivity index (χ1v) is 11.1. The molecule has 0 aliphatic carbocycles. The lowest BCUT2D eigenvalue weighted by Crippen LogP contribution is -2.31. The van der Waals surface area contributed by atoms with Crippen LogP contribution in [0.5, 0.6) is 5.75 Å². The van der Waals surface area contributed by atoms with Crippen molar-refractivity contribution in [2.45, 2.75) is 25.7 Å². The maximum atomic E-state index is 5.95. The van der Waals surface area contributed by atoms with E-state index in [0.29, 0.717) is 0 Å². The number of ether oxygens (including phenoxy) is 1. The molecule has 1 aliphatic heterocycles. The number of benzene rings is 2. The Morgan fingerprint density at radius 1 is 0.774 bits per heavy atom. The average molecular weight is 414 g/mol. The summed E-state index contributed by atoms with van der Waals surface area (Å²) in [6, 6.07) is 22.1. The highest BCUT2D eigenvalue weighted by molar-refractivity contribution is 5.64. The number of piperidine rings is 1. The second kappa shape index (κ2) is 9.27. The van der Waals surface area contributed by atoms with Gasteiger partial charge in [-0.05, 0) is 68.8 Å². The summed E-state index contributed by atoms with van der Waals surface area (Å²) in [5.74, 6) is 1.64. The number of hydrogen-bond acceptors (Lipinski definition) is 5. The molecular weight excluding hydrogens is 386 g/mol. The Morgan fingerprint density at radius 2 is 1.58 bits per heavy atom. The molecule has 4 aromatic rings. The average Bonchev–Trinajstić information content (AvgIpc) is 3.27. The van der Waals surface area contributed by atoms with E-state index < -0.39 is 0 Å². The first-order valence-electron chi connectivity index (χ1n) is 11.1. The Kier molecular flexibility index (Phi) is 5.89. The van der Waals surface area contributed by atoms with E-state index in [9.17, 15) is 0 Å². The van der Waals surface area contributed by atoms with E-state index in [1.54, 1.807) is 4.52 Å². The summed E-state index contributed by atoms with van der Waals surface area (Å²) in [6.45, 7) is 4.36. The van der Waals surface area contributed by atoms with E-state index >= 15 is 0 Å². The van der Waals surface area contributed by atoms with Crippen molar-refractivity contribution in [3.8, 4) is 28.4 Å². The van der Waals surface area contributed by atoms with Crippen LogP contribution in [0.4, 0.5) is 0 Å². The van der Waals surface area contributed by atoms with Crippen molar-refractivity contribution >= 4 is 5.65 Å². The minimum Gasteiger partial charge on any atom is -0.494 e. The number of likely N-dealkylation sites (tertiary alicyclic amines) is 1. The summed E-state index contributed by atoms with van der Waals surface area (Å²) in [6.07, 6.45) is 5.12. The molecule has 2 aromatic carbocycles. The van der Waals surface area contributed by atoms with Gasteiger partial charge in [-0.25, -0.2) is 0 Å². The predicted molar refractivity (Wildman–Crippen MR) is 122 cm³/mol. The van der Waals surface area contributed by atoms with E-state index in [0.717, 1.165) is 53.6 Å². The fourth-order valence-electron chi connectivity index (χ4n) is 4.09. The van der Waals surface area contributed by atoms with Crippen LogP contribution in [0.25, 0.3) is 28.3 Å². The van der Waals surface area contributed by atoms with Gasteiger partial charge in [-0.1, -0.05) is 36.8 Å². The lowest BCUT2D eigenvalue weighted by atomic mass is 10.1. The van der Waals surface area contributed by atoms with Crippen LogP contribution in [0.15, 0.2) is 66.7 Å². The molecule has 6 heteroatoms. The maximum Gasteiger partial charge on any atom is 0.185 e. The highest BCUT2D eigenvalue weighted by Crippen LogP contribution is 2.23. The highest BCUT2D eigenvalue weighted by Gasteiger charge is 2.11. The van der Waals surface area contributed by atoms with E-state index in [1.807, 2.05) is 54.6 Å². The Hall–Kier alpha value is -3.25. The van der Waals surface area contributed by atoms with Gasteiger partial charge in [0.15, 0.2) is 11.5 Å². The quantitative estimate of drug-likeness (QED) is 0.411. The molecule has 31 heavy (non-hydrogen) atoms. The molecule has 5 rings (SSSR count). The van der Waals surface area contributed by atoms with Crippen molar-refractivity contribution < 1.29 is 4.74 Å². The summed E-state index contributed by atoms with van der Waals surface area (Å²) in [5, 5.41) is 13.3. The predicted octanol–water partition coefficient (Wildman–Crippen LogP) is 4.71. The molecule has 0 unspecified atom stereocenters. The SMILES string of the molecule is c1ccc(-c2nnc3ccc(-c4ccc(OCCCN5CCCCC5)cc4)nn23)cc1. The van der Waals surface area contributed by atoms with Crippen LogP contribution >= 0.6 is 0 Å². The lowest BCUT2D eigenvalue weighted by Gasteiger charge is -2.26. The summed E-state index contributed by atoms with van der Waals surface area (Å²) in [4.78, 5) is 2.55. The molecule has 0 N–H and O–H groups in total. The van der Waals surface area contributed by atoms with Crippen molar-refractivity contribution in [2.75, 3.05) is 26.2 Å². The van der Waals surface area contributed by atoms with Gasteiger partial charge in [-0.2, -0.15) is 9.61 Å².